The minimum absolute atomic E-state index is 0.00359. The lowest BCUT2D eigenvalue weighted by molar-refractivity contribution is -0.138. The summed E-state index contributed by atoms with van der Waals surface area (Å²) in [6, 6.07) is 1.54. The van der Waals surface area contributed by atoms with Crippen molar-refractivity contribution in [3.05, 3.63) is 18.0 Å². The van der Waals surface area contributed by atoms with Gasteiger partial charge in [0.05, 0.1) is 23.8 Å². The van der Waals surface area contributed by atoms with E-state index >= 15 is 0 Å². The number of hydrogen-bond donors (Lipinski definition) is 2. The second-order valence-electron chi connectivity index (χ2n) is 6.72. The highest BCUT2D eigenvalue weighted by Crippen LogP contribution is 2.42. The number of ether oxygens (including phenoxy) is 1. The van der Waals surface area contributed by atoms with Crippen LogP contribution in [-0.4, -0.2) is 60.0 Å². The van der Waals surface area contributed by atoms with Crippen LogP contribution in [0.5, 0.6) is 0 Å². The van der Waals surface area contributed by atoms with Gasteiger partial charge in [-0.2, -0.15) is 5.10 Å². The molecule has 0 radical (unpaired) electrons. The zero-order valence-corrected chi connectivity index (χ0v) is 14.4. The van der Waals surface area contributed by atoms with Crippen molar-refractivity contribution in [1.29, 1.82) is 0 Å². The van der Waals surface area contributed by atoms with Crippen LogP contribution in [0.1, 0.15) is 25.1 Å². The molecule has 132 valence electrons. The fraction of sp³-hybridized carbons (Fsp3) is 0.688. The third-order valence-electron chi connectivity index (χ3n) is 5.19. The standard InChI is InChI=1S/C16H25N5O3/c1-11(13-4-6-20(3)19-13)18-15(23)21-8-12-9-24-7-5-16(12,10-21)14(22)17-2/h4,6,11-12H,5,7-10H2,1-3H3,(H,17,22)(H,18,23)/t11?,12-,16+/m0/s1. The lowest BCUT2D eigenvalue weighted by Gasteiger charge is -2.36. The molecule has 0 aromatic carbocycles. The molecule has 2 fully saturated rings. The number of likely N-dealkylation sites (tertiary alicyclic amines) is 1. The van der Waals surface area contributed by atoms with Crippen LogP contribution in [0, 0.1) is 11.3 Å². The lowest BCUT2D eigenvalue weighted by atomic mass is 9.73. The number of amides is 3. The predicted octanol–water partition coefficient (Wildman–Crippen LogP) is 0.275. The van der Waals surface area contributed by atoms with E-state index in [9.17, 15) is 9.59 Å². The molecular formula is C16H25N5O3. The molecule has 2 aliphatic rings. The number of carbonyl (C=O) groups is 2. The normalized spacial score (nSPS) is 27.5. The molecule has 8 heteroatoms. The van der Waals surface area contributed by atoms with Gasteiger partial charge in [0.15, 0.2) is 0 Å². The van der Waals surface area contributed by atoms with Crippen LogP contribution in [0.25, 0.3) is 0 Å². The number of aryl methyl sites for hydroxylation is 1. The molecule has 1 aromatic heterocycles. The number of aromatic nitrogens is 2. The summed E-state index contributed by atoms with van der Waals surface area (Å²) in [5.74, 6) is 0.0472. The molecule has 3 amide bonds. The van der Waals surface area contributed by atoms with Crippen molar-refractivity contribution in [2.75, 3.05) is 33.4 Å². The van der Waals surface area contributed by atoms with E-state index in [0.717, 1.165) is 5.69 Å². The summed E-state index contributed by atoms with van der Waals surface area (Å²) in [4.78, 5) is 26.8. The second-order valence-corrected chi connectivity index (χ2v) is 6.72. The van der Waals surface area contributed by atoms with Gasteiger partial charge in [-0.05, 0) is 19.4 Å². The summed E-state index contributed by atoms with van der Waals surface area (Å²) in [5, 5.41) is 10.1. The van der Waals surface area contributed by atoms with Gasteiger partial charge in [-0.25, -0.2) is 4.79 Å². The topological polar surface area (TPSA) is 88.5 Å². The van der Waals surface area contributed by atoms with Crippen LogP contribution < -0.4 is 10.6 Å². The summed E-state index contributed by atoms with van der Waals surface area (Å²) >= 11 is 0. The smallest absolute Gasteiger partial charge is 0.317 e. The highest BCUT2D eigenvalue weighted by Gasteiger charge is 2.54. The zero-order chi connectivity index (χ0) is 17.3. The molecule has 3 rings (SSSR count). The summed E-state index contributed by atoms with van der Waals surface area (Å²) in [6.45, 7) is 3.95. The first kappa shape index (κ1) is 16.8. The van der Waals surface area contributed by atoms with Gasteiger partial charge >= 0.3 is 6.03 Å². The molecule has 3 heterocycles. The summed E-state index contributed by atoms with van der Waals surface area (Å²) in [7, 11) is 3.49. The maximum absolute atomic E-state index is 12.6. The number of nitrogens with one attached hydrogen (secondary N) is 2. The lowest BCUT2D eigenvalue weighted by Crippen LogP contribution is -2.50. The largest absolute Gasteiger partial charge is 0.381 e. The van der Waals surface area contributed by atoms with Gasteiger partial charge in [-0.1, -0.05) is 0 Å². The van der Waals surface area contributed by atoms with Crippen LogP contribution in [-0.2, 0) is 16.6 Å². The number of fused-ring (bicyclic) bond motifs is 1. The van der Waals surface area contributed by atoms with Crippen molar-refractivity contribution in [3.8, 4) is 0 Å². The molecule has 8 nitrogen and oxygen atoms in total. The Bertz CT molecular complexity index is 631. The molecule has 0 spiro atoms. The molecule has 3 atom stereocenters. The fourth-order valence-corrected chi connectivity index (χ4v) is 3.74. The molecular weight excluding hydrogens is 310 g/mol. The Morgan fingerprint density at radius 1 is 1.50 bits per heavy atom. The third kappa shape index (κ3) is 2.86. The summed E-state index contributed by atoms with van der Waals surface area (Å²) < 4.78 is 7.24. The average Bonchev–Trinajstić information content (AvgIpc) is 3.18. The van der Waals surface area contributed by atoms with E-state index in [-0.39, 0.29) is 23.9 Å². The maximum Gasteiger partial charge on any atom is 0.317 e. The van der Waals surface area contributed by atoms with E-state index in [4.69, 9.17) is 4.74 Å². The van der Waals surface area contributed by atoms with Gasteiger partial charge in [0.2, 0.25) is 5.91 Å². The first-order valence-corrected chi connectivity index (χ1v) is 8.31. The fourth-order valence-electron chi connectivity index (χ4n) is 3.74. The van der Waals surface area contributed by atoms with Gasteiger partial charge in [0.25, 0.3) is 0 Å². The van der Waals surface area contributed by atoms with Crippen molar-refractivity contribution in [2.24, 2.45) is 18.4 Å². The Morgan fingerprint density at radius 3 is 2.96 bits per heavy atom. The Labute approximate surface area is 141 Å². The summed E-state index contributed by atoms with van der Waals surface area (Å²) in [5.41, 5.74) is 0.283. The van der Waals surface area contributed by atoms with Gasteiger partial charge < -0.3 is 20.3 Å². The minimum atomic E-state index is -0.529. The van der Waals surface area contributed by atoms with E-state index in [2.05, 4.69) is 15.7 Å². The van der Waals surface area contributed by atoms with Crippen molar-refractivity contribution in [2.45, 2.75) is 19.4 Å². The molecule has 1 unspecified atom stereocenters. The van der Waals surface area contributed by atoms with Gasteiger partial charge in [-0.3, -0.25) is 9.48 Å². The van der Waals surface area contributed by atoms with Crippen molar-refractivity contribution in [1.82, 2.24) is 25.3 Å². The Morgan fingerprint density at radius 2 is 2.29 bits per heavy atom. The second kappa shape index (κ2) is 6.43. The summed E-state index contributed by atoms with van der Waals surface area (Å²) in [6.07, 6.45) is 2.50. The van der Waals surface area contributed by atoms with E-state index < -0.39 is 5.41 Å². The number of hydrogen-bond acceptors (Lipinski definition) is 4. The molecule has 2 saturated heterocycles. The van der Waals surface area contributed by atoms with Crippen LogP contribution >= 0.6 is 0 Å². The Balaban J connectivity index is 1.69. The third-order valence-corrected chi connectivity index (χ3v) is 5.19. The first-order chi connectivity index (χ1) is 11.5. The molecule has 0 aliphatic carbocycles. The number of urea groups is 1. The van der Waals surface area contributed by atoms with E-state index in [1.165, 1.54) is 0 Å². The first-order valence-electron chi connectivity index (χ1n) is 8.31. The van der Waals surface area contributed by atoms with Crippen LogP contribution in [0.2, 0.25) is 0 Å². The highest BCUT2D eigenvalue weighted by molar-refractivity contribution is 5.85. The molecule has 0 saturated carbocycles. The molecule has 0 bridgehead atoms. The van der Waals surface area contributed by atoms with Crippen LogP contribution in [0.3, 0.4) is 0 Å². The van der Waals surface area contributed by atoms with Gasteiger partial charge in [0, 0.05) is 45.9 Å². The van der Waals surface area contributed by atoms with E-state index in [0.29, 0.717) is 32.7 Å². The van der Waals surface area contributed by atoms with Gasteiger partial charge in [0.1, 0.15) is 0 Å². The molecule has 2 aliphatic heterocycles. The number of nitrogens with zero attached hydrogens (tertiary/aromatic N) is 3. The van der Waals surface area contributed by atoms with Gasteiger partial charge in [-0.15, -0.1) is 0 Å². The molecule has 24 heavy (non-hydrogen) atoms. The monoisotopic (exact) mass is 335 g/mol. The Kier molecular flexibility index (Phi) is 4.49. The molecule has 2 N–H and O–H groups in total. The number of rotatable bonds is 3. The zero-order valence-electron chi connectivity index (χ0n) is 14.4. The predicted molar refractivity (Wildman–Crippen MR) is 87.2 cm³/mol. The Hall–Kier alpha value is -2.09. The van der Waals surface area contributed by atoms with Crippen LogP contribution in [0.4, 0.5) is 4.79 Å². The average molecular weight is 335 g/mol. The maximum atomic E-state index is 12.6. The number of carbonyl (C=O) groups excluding carboxylic acids is 2. The van der Waals surface area contributed by atoms with Crippen molar-refractivity contribution < 1.29 is 14.3 Å². The highest BCUT2D eigenvalue weighted by atomic mass is 16.5. The van der Waals surface area contributed by atoms with Crippen LogP contribution in [0.15, 0.2) is 12.3 Å². The quantitative estimate of drug-likeness (QED) is 0.830. The minimum Gasteiger partial charge on any atom is -0.381 e. The van der Waals surface area contributed by atoms with E-state index in [1.54, 1.807) is 16.6 Å². The van der Waals surface area contributed by atoms with E-state index in [1.807, 2.05) is 26.2 Å². The van der Waals surface area contributed by atoms with Crippen molar-refractivity contribution in [3.63, 3.8) is 0 Å². The molecule has 1 aromatic rings. The van der Waals surface area contributed by atoms with Crippen molar-refractivity contribution >= 4 is 11.9 Å². The SMILES string of the molecule is CNC(=O)[C@@]12CCOC[C@@H]1CN(C(=O)NC(C)c1ccn(C)n1)C2.